The molecule has 0 aliphatic heterocycles. The Bertz CT molecular complexity index is 594. The van der Waals surface area contributed by atoms with Gasteiger partial charge in [-0.25, -0.2) is 0 Å². The molecule has 0 spiro atoms. The van der Waals surface area contributed by atoms with E-state index in [1.807, 2.05) is 0 Å². The standard InChI is InChI=1S/C21H26/c1-14-5-7-18(11-16(14)3)20-9-10-21(13-20)19-8-6-15(2)17(4)12-19/h5-8,11-12,20-21H,9-10,13H2,1-4H3. The molecule has 0 nitrogen and oxygen atoms in total. The van der Waals surface area contributed by atoms with Gasteiger partial charge >= 0.3 is 0 Å². The second kappa shape index (κ2) is 5.67. The molecule has 2 unspecified atom stereocenters. The molecule has 1 saturated carbocycles. The van der Waals surface area contributed by atoms with Crippen molar-refractivity contribution in [1.82, 2.24) is 0 Å². The van der Waals surface area contributed by atoms with Gasteiger partial charge in [0.15, 0.2) is 0 Å². The summed E-state index contributed by atoms with van der Waals surface area (Å²) in [5.41, 5.74) is 8.77. The first-order valence-electron chi connectivity index (χ1n) is 8.19. The van der Waals surface area contributed by atoms with Gasteiger partial charge in [0.1, 0.15) is 0 Å². The minimum absolute atomic E-state index is 0.746. The lowest BCUT2D eigenvalue weighted by atomic mass is 9.90. The lowest BCUT2D eigenvalue weighted by Crippen LogP contribution is -1.97. The Morgan fingerprint density at radius 3 is 1.43 bits per heavy atom. The number of aryl methyl sites for hydroxylation is 4. The molecule has 1 aliphatic carbocycles. The smallest absolute Gasteiger partial charge is 0.0156 e. The fourth-order valence-corrected chi connectivity index (χ4v) is 3.62. The summed E-state index contributed by atoms with van der Waals surface area (Å²) in [7, 11) is 0. The topological polar surface area (TPSA) is 0 Å². The van der Waals surface area contributed by atoms with Gasteiger partial charge in [0, 0.05) is 0 Å². The molecule has 110 valence electrons. The molecule has 2 aromatic carbocycles. The van der Waals surface area contributed by atoms with Crippen molar-refractivity contribution < 1.29 is 0 Å². The zero-order valence-corrected chi connectivity index (χ0v) is 13.7. The minimum atomic E-state index is 0.746. The summed E-state index contributed by atoms with van der Waals surface area (Å²) >= 11 is 0. The molecule has 2 aromatic rings. The van der Waals surface area contributed by atoms with E-state index < -0.39 is 0 Å². The van der Waals surface area contributed by atoms with Gasteiger partial charge in [-0.05, 0) is 92.2 Å². The maximum Gasteiger partial charge on any atom is -0.0156 e. The zero-order chi connectivity index (χ0) is 15.0. The Morgan fingerprint density at radius 2 is 1.05 bits per heavy atom. The maximum absolute atomic E-state index is 2.41. The summed E-state index contributed by atoms with van der Waals surface area (Å²) in [5, 5.41) is 0. The van der Waals surface area contributed by atoms with E-state index in [1.165, 1.54) is 41.5 Å². The van der Waals surface area contributed by atoms with E-state index in [4.69, 9.17) is 0 Å². The monoisotopic (exact) mass is 278 g/mol. The number of rotatable bonds is 2. The second-order valence-electron chi connectivity index (χ2n) is 6.89. The normalized spacial score (nSPS) is 21.7. The van der Waals surface area contributed by atoms with E-state index in [2.05, 4.69) is 64.1 Å². The van der Waals surface area contributed by atoms with Gasteiger partial charge in [-0.2, -0.15) is 0 Å². The molecular weight excluding hydrogens is 252 g/mol. The number of benzene rings is 2. The van der Waals surface area contributed by atoms with Crippen LogP contribution in [0.4, 0.5) is 0 Å². The van der Waals surface area contributed by atoms with Crippen LogP contribution in [-0.2, 0) is 0 Å². The van der Waals surface area contributed by atoms with Gasteiger partial charge in [-0.15, -0.1) is 0 Å². The van der Waals surface area contributed by atoms with Crippen molar-refractivity contribution in [1.29, 1.82) is 0 Å². The Morgan fingerprint density at radius 1 is 0.619 bits per heavy atom. The fraction of sp³-hybridized carbons (Fsp3) is 0.429. The van der Waals surface area contributed by atoms with Gasteiger partial charge in [0.25, 0.3) is 0 Å². The van der Waals surface area contributed by atoms with Gasteiger partial charge in [-0.3, -0.25) is 0 Å². The number of hydrogen-bond donors (Lipinski definition) is 0. The third kappa shape index (κ3) is 2.90. The molecule has 1 aliphatic rings. The van der Waals surface area contributed by atoms with Gasteiger partial charge < -0.3 is 0 Å². The predicted octanol–water partition coefficient (Wildman–Crippen LogP) is 5.97. The molecule has 1 fully saturated rings. The Kier molecular flexibility index (Phi) is 3.89. The van der Waals surface area contributed by atoms with Crippen LogP contribution in [0.3, 0.4) is 0 Å². The van der Waals surface area contributed by atoms with E-state index in [-0.39, 0.29) is 0 Å². The van der Waals surface area contributed by atoms with Gasteiger partial charge in [0.2, 0.25) is 0 Å². The Hall–Kier alpha value is -1.56. The Labute approximate surface area is 129 Å². The summed E-state index contributed by atoms with van der Waals surface area (Å²) in [6.45, 7) is 8.86. The number of hydrogen-bond acceptors (Lipinski definition) is 0. The van der Waals surface area contributed by atoms with Crippen molar-refractivity contribution >= 4 is 0 Å². The van der Waals surface area contributed by atoms with Crippen LogP contribution in [0.5, 0.6) is 0 Å². The van der Waals surface area contributed by atoms with E-state index in [9.17, 15) is 0 Å². The van der Waals surface area contributed by atoms with Crippen molar-refractivity contribution in [2.45, 2.75) is 58.8 Å². The quantitative estimate of drug-likeness (QED) is 0.634. The van der Waals surface area contributed by atoms with Crippen LogP contribution < -0.4 is 0 Å². The van der Waals surface area contributed by atoms with Crippen LogP contribution in [0, 0.1) is 27.7 Å². The summed E-state index contributed by atoms with van der Waals surface area (Å²) < 4.78 is 0. The van der Waals surface area contributed by atoms with Crippen LogP contribution in [0.2, 0.25) is 0 Å². The molecule has 21 heavy (non-hydrogen) atoms. The molecular formula is C21H26. The first-order chi connectivity index (χ1) is 10.0. The van der Waals surface area contributed by atoms with E-state index in [1.54, 1.807) is 11.1 Å². The molecule has 0 saturated heterocycles. The molecule has 0 N–H and O–H groups in total. The lowest BCUT2D eigenvalue weighted by Gasteiger charge is -2.15. The summed E-state index contributed by atoms with van der Waals surface area (Å²) in [5.74, 6) is 1.49. The highest BCUT2D eigenvalue weighted by Crippen LogP contribution is 2.44. The van der Waals surface area contributed by atoms with Crippen molar-refractivity contribution in [3.05, 3.63) is 69.8 Å². The predicted molar refractivity (Wildman–Crippen MR) is 91.2 cm³/mol. The van der Waals surface area contributed by atoms with Crippen molar-refractivity contribution in [3.63, 3.8) is 0 Å². The molecule has 0 radical (unpaired) electrons. The minimum Gasteiger partial charge on any atom is -0.0588 e. The van der Waals surface area contributed by atoms with Gasteiger partial charge in [0.05, 0.1) is 0 Å². The van der Waals surface area contributed by atoms with Crippen molar-refractivity contribution in [2.75, 3.05) is 0 Å². The zero-order valence-electron chi connectivity index (χ0n) is 13.7. The molecule has 2 atom stereocenters. The SMILES string of the molecule is Cc1ccc(C2CCC(c3ccc(C)c(C)c3)C2)cc1C. The highest BCUT2D eigenvalue weighted by Gasteiger charge is 2.27. The Balaban J connectivity index is 1.78. The van der Waals surface area contributed by atoms with Crippen LogP contribution in [-0.4, -0.2) is 0 Å². The molecule has 0 aromatic heterocycles. The summed E-state index contributed by atoms with van der Waals surface area (Å²) in [6.07, 6.45) is 3.98. The van der Waals surface area contributed by atoms with Crippen molar-refractivity contribution in [3.8, 4) is 0 Å². The average Bonchev–Trinajstić information content (AvgIpc) is 2.94. The molecule has 3 rings (SSSR count). The van der Waals surface area contributed by atoms with Crippen LogP contribution in [0.1, 0.15) is 64.5 Å². The van der Waals surface area contributed by atoms with E-state index >= 15 is 0 Å². The first kappa shape index (κ1) is 14.4. The first-order valence-corrected chi connectivity index (χ1v) is 8.19. The molecule has 0 heterocycles. The molecule has 0 heteroatoms. The third-order valence-corrected chi connectivity index (χ3v) is 5.44. The largest absolute Gasteiger partial charge is 0.0588 e. The summed E-state index contributed by atoms with van der Waals surface area (Å²) in [4.78, 5) is 0. The lowest BCUT2D eigenvalue weighted by molar-refractivity contribution is 0.684. The third-order valence-electron chi connectivity index (χ3n) is 5.44. The van der Waals surface area contributed by atoms with E-state index in [0.29, 0.717) is 0 Å². The fourth-order valence-electron chi connectivity index (χ4n) is 3.62. The van der Waals surface area contributed by atoms with Crippen molar-refractivity contribution in [2.24, 2.45) is 0 Å². The highest BCUT2D eigenvalue weighted by molar-refractivity contribution is 5.35. The second-order valence-corrected chi connectivity index (χ2v) is 6.89. The van der Waals surface area contributed by atoms with Crippen LogP contribution >= 0.6 is 0 Å². The van der Waals surface area contributed by atoms with Crippen LogP contribution in [0.25, 0.3) is 0 Å². The summed E-state index contributed by atoms with van der Waals surface area (Å²) in [6, 6.07) is 14.1. The molecule has 0 amide bonds. The van der Waals surface area contributed by atoms with Crippen LogP contribution in [0.15, 0.2) is 36.4 Å². The average molecular weight is 278 g/mol. The molecule has 0 bridgehead atoms. The maximum atomic E-state index is 2.41. The van der Waals surface area contributed by atoms with Gasteiger partial charge in [-0.1, -0.05) is 36.4 Å². The van der Waals surface area contributed by atoms with E-state index in [0.717, 1.165) is 11.8 Å². The highest BCUT2D eigenvalue weighted by atomic mass is 14.3.